The third-order valence-electron chi connectivity index (χ3n) is 10.2. The van der Waals surface area contributed by atoms with E-state index < -0.39 is 59.1 Å². The van der Waals surface area contributed by atoms with Crippen LogP contribution in [0.15, 0.2) is 36.4 Å². The van der Waals surface area contributed by atoms with Crippen molar-refractivity contribution >= 4 is 47.6 Å². The van der Waals surface area contributed by atoms with Crippen LogP contribution in [0.4, 0.5) is 9.59 Å². The lowest BCUT2D eigenvalue weighted by Crippen LogP contribution is -2.57. The van der Waals surface area contributed by atoms with E-state index in [1.54, 1.807) is 77.9 Å². The summed E-state index contributed by atoms with van der Waals surface area (Å²) in [5.41, 5.74) is 1.45. The first kappa shape index (κ1) is 46.1. The molecule has 8 amide bonds. The summed E-state index contributed by atoms with van der Waals surface area (Å²) in [4.78, 5) is 108. The molecule has 2 saturated heterocycles. The molecular weight excluding hydrogens is 817 g/mol. The zero-order chi connectivity index (χ0) is 45.6. The van der Waals surface area contributed by atoms with Crippen LogP contribution in [0.1, 0.15) is 110 Å². The van der Waals surface area contributed by atoms with Crippen LogP contribution in [-0.4, -0.2) is 130 Å². The zero-order valence-corrected chi connectivity index (χ0v) is 36.2. The van der Waals surface area contributed by atoms with Crippen molar-refractivity contribution in [3.8, 4) is 23.7 Å². The predicted molar refractivity (Wildman–Crippen MR) is 221 cm³/mol. The summed E-state index contributed by atoms with van der Waals surface area (Å²) in [5, 5.41) is 0. The number of imide groups is 6. The molecule has 4 aliphatic heterocycles. The Bertz CT molecular complexity index is 2180. The van der Waals surface area contributed by atoms with Gasteiger partial charge in [0.2, 0.25) is 11.8 Å². The normalized spacial score (nSPS) is 18.8. The predicted octanol–water partition coefficient (Wildman–Crippen LogP) is 3.96. The van der Waals surface area contributed by atoms with Crippen molar-refractivity contribution in [1.82, 2.24) is 19.6 Å². The zero-order valence-electron chi connectivity index (χ0n) is 36.2. The van der Waals surface area contributed by atoms with Crippen LogP contribution in [0.5, 0.6) is 0 Å². The number of amides is 8. The Kier molecular flexibility index (Phi) is 14.1. The average Bonchev–Trinajstić information content (AvgIpc) is 3.72. The first-order valence-corrected chi connectivity index (χ1v) is 20.6. The Labute approximate surface area is 365 Å². The lowest BCUT2D eigenvalue weighted by molar-refractivity contribution is -0.152. The van der Waals surface area contributed by atoms with Gasteiger partial charge in [-0.3, -0.25) is 28.8 Å². The van der Waals surface area contributed by atoms with Crippen molar-refractivity contribution < 1.29 is 62.0 Å². The first-order valence-electron chi connectivity index (χ1n) is 20.6. The summed E-state index contributed by atoms with van der Waals surface area (Å²) in [7, 11) is 0. The van der Waals surface area contributed by atoms with Crippen molar-refractivity contribution in [3.63, 3.8) is 0 Å². The maximum Gasteiger partial charge on any atom is 0.424 e. The smallest absolute Gasteiger partial charge is 0.424 e. The maximum atomic E-state index is 13.4. The van der Waals surface area contributed by atoms with Gasteiger partial charge in [-0.1, -0.05) is 35.8 Å². The van der Waals surface area contributed by atoms with E-state index in [2.05, 4.69) is 23.7 Å². The van der Waals surface area contributed by atoms with Crippen LogP contribution >= 0.6 is 0 Å². The van der Waals surface area contributed by atoms with Crippen molar-refractivity contribution in [3.05, 3.63) is 69.8 Å². The van der Waals surface area contributed by atoms with Gasteiger partial charge < -0.3 is 33.5 Å². The molecule has 4 heterocycles. The lowest BCUT2D eigenvalue weighted by atomic mass is 10.0. The second-order valence-electron chi connectivity index (χ2n) is 17.1. The summed E-state index contributed by atoms with van der Waals surface area (Å²) in [6.45, 7) is 11.2. The topological polar surface area (TPSA) is 196 Å². The molecule has 63 heavy (non-hydrogen) atoms. The number of hydrogen-bond donors (Lipinski definition) is 0. The minimum absolute atomic E-state index is 0.0896. The van der Waals surface area contributed by atoms with Crippen molar-refractivity contribution in [2.75, 3.05) is 39.6 Å². The van der Waals surface area contributed by atoms with E-state index in [9.17, 15) is 38.4 Å². The average molecular weight is 867 g/mol. The second-order valence-corrected chi connectivity index (χ2v) is 17.1. The Morgan fingerprint density at radius 2 is 0.968 bits per heavy atom. The summed E-state index contributed by atoms with van der Waals surface area (Å²) in [6, 6.07) is 8.24. The third kappa shape index (κ3) is 10.8. The number of carbonyl (C=O) groups is 8. The number of likely N-dealkylation sites (tertiary alicyclic amines) is 2. The van der Waals surface area contributed by atoms with E-state index in [1.807, 2.05) is 0 Å². The molecule has 0 aromatic heterocycles. The van der Waals surface area contributed by atoms with Gasteiger partial charge >= 0.3 is 12.2 Å². The van der Waals surface area contributed by atoms with Gasteiger partial charge in [-0.25, -0.2) is 9.59 Å². The highest BCUT2D eigenvalue weighted by Crippen LogP contribution is 2.33. The van der Waals surface area contributed by atoms with Gasteiger partial charge in [0.25, 0.3) is 23.6 Å². The molecule has 0 aliphatic carbocycles. The van der Waals surface area contributed by atoms with Gasteiger partial charge in [0, 0.05) is 48.2 Å². The molecule has 6 rings (SSSR count). The fourth-order valence-corrected chi connectivity index (χ4v) is 7.41. The molecule has 2 atom stereocenters. The molecule has 4 aliphatic rings. The Morgan fingerprint density at radius 1 is 0.587 bits per heavy atom. The standard InChI is InChI=1S/C46H50N4O13/c1-45(2,3)62-43(57)49-37(51)19-17-35(41(49)55)47-27-33-29(11-7-15-31(33)39(47)53)13-9-21-59-23-25-61-26-24-60-22-10-14-30-12-8-16-32-34(30)28-48(40(32)54)36-18-20-38(52)50(42(36)56)44(58)63-46(4,5)6/h7-8,11-12,15-16,35-36H,17-28H2,1-6H3. The molecule has 0 spiro atoms. The molecule has 17 nitrogen and oxygen atoms in total. The van der Waals surface area contributed by atoms with Crippen LogP contribution in [0.2, 0.25) is 0 Å². The van der Waals surface area contributed by atoms with Gasteiger partial charge in [-0.15, -0.1) is 0 Å². The lowest BCUT2D eigenvalue weighted by Gasteiger charge is -2.35. The van der Waals surface area contributed by atoms with Crippen molar-refractivity contribution in [1.29, 1.82) is 0 Å². The minimum Gasteiger partial charge on any atom is -0.443 e. The van der Waals surface area contributed by atoms with Crippen LogP contribution < -0.4 is 0 Å². The fourth-order valence-electron chi connectivity index (χ4n) is 7.41. The highest BCUT2D eigenvalue weighted by Gasteiger charge is 2.48. The Morgan fingerprint density at radius 3 is 1.35 bits per heavy atom. The Hall–Kier alpha value is -6.40. The largest absolute Gasteiger partial charge is 0.443 e. The molecule has 0 bridgehead atoms. The fraction of sp³-hybridized carbons (Fsp3) is 0.478. The monoisotopic (exact) mass is 866 g/mol. The van der Waals surface area contributed by atoms with E-state index in [-0.39, 0.29) is 90.2 Å². The number of benzene rings is 2. The molecule has 2 aromatic carbocycles. The second kappa shape index (κ2) is 19.3. The molecular formula is C46H50N4O13. The molecule has 17 heteroatoms. The molecule has 2 aromatic rings. The minimum atomic E-state index is -1.06. The first-order chi connectivity index (χ1) is 29.9. The summed E-state index contributed by atoms with van der Waals surface area (Å²) >= 11 is 0. The van der Waals surface area contributed by atoms with Gasteiger partial charge in [0.15, 0.2) is 0 Å². The maximum absolute atomic E-state index is 13.4. The highest BCUT2D eigenvalue weighted by atomic mass is 16.6. The number of piperidine rings is 2. The molecule has 0 N–H and O–H groups in total. The number of fused-ring (bicyclic) bond motifs is 2. The Balaban J connectivity index is 0.904. The van der Waals surface area contributed by atoms with E-state index in [0.717, 1.165) is 0 Å². The van der Waals surface area contributed by atoms with Gasteiger partial charge in [-0.2, -0.15) is 9.80 Å². The SMILES string of the molecule is CC(C)(C)OC(=O)N1C(=O)CCC(N2Cc3c(C#CCOCCOCCOCC#Cc4cccc5c4CN(C4CCC(=O)N(C(=O)OC(C)(C)C)C4=O)C5=O)cccc3C2=O)C1=O. The summed E-state index contributed by atoms with van der Waals surface area (Å²) in [6.07, 6.45) is -2.12. The van der Waals surface area contributed by atoms with Crippen LogP contribution in [0, 0.1) is 23.7 Å². The quantitative estimate of drug-likeness (QED) is 0.189. The number of hydrogen-bond acceptors (Lipinski definition) is 13. The van der Waals surface area contributed by atoms with Gasteiger partial charge in [0.1, 0.15) is 36.5 Å². The molecule has 0 radical (unpaired) electrons. The summed E-state index contributed by atoms with van der Waals surface area (Å²) in [5.74, 6) is 8.28. The van der Waals surface area contributed by atoms with Crippen molar-refractivity contribution in [2.24, 2.45) is 0 Å². The van der Waals surface area contributed by atoms with Crippen LogP contribution in [0.25, 0.3) is 0 Å². The summed E-state index contributed by atoms with van der Waals surface area (Å²) < 4.78 is 27.3. The number of rotatable bonds is 10. The van der Waals surface area contributed by atoms with E-state index >= 15 is 0 Å². The molecule has 332 valence electrons. The van der Waals surface area contributed by atoms with Crippen LogP contribution in [-0.2, 0) is 56.0 Å². The molecule has 2 unspecified atom stereocenters. The number of nitrogens with zero attached hydrogens (tertiary/aromatic N) is 4. The number of carbonyl (C=O) groups excluding carboxylic acids is 8. The molecule has 0 saturated carbocycles. The van der Waals surface area contributed by atoms with Gasteiger partial charge in [0.05, 0.1) is 26.4 Å². The number of ether oxygens (including phenoxy) is 5. The third-order valence-corrected chi connectivity index (χ3v) is 10.2. The van der Waals surface area contributed by atoms with Crippen LogP contribution in [0.3, 0.4) is 0 Å². The highest BCUT2D eigenvalue weighted by molar-refractivity contribution is 6.14. The van der Waals surface area contributed by atoms with E-state index in [4.69, 9.17) is 23.7 Å². The van der Waals surface area contributed by atoms with E-state index in [1.165, 1.54) is 9.80 Å². The molecule has 2 fully saturated rings. The van der Waals surface area contributed by atoms with Crippen molar-refractivity contribution in [2.45, 2.75) is 104 Å². The van der Waals surface area contributed by atoms with E-state index in [0.29, 0.717) is 43.2 Å². The van der Waals surface area contributed by atoms with Gasteiger partial charge in [-0.05, 0) is 89.8 Å².